The van der Waals surface area contributed by atoms with Crippen LogP contribution in [0.4, 0.5) is 0 Å². The van der Waals surface area contributed by atoms with E-state index in [1.807, 2.05) is 13.8 Å². The molecule has 0 radical (unpaired) electrons. The molecule has 0 heterocycles. The van der Waals surface area contributed by atoms with Crippen LogP contribution in [0.25, 0.3) is 0 Å². The molecule has 13 heavy (non-hydrogen) atoms. The summed E-state index contributed by atoms with van der Waals surface area (Å²) in [6.07, 6.45) is 4.97. The smallest absolute Gasteiger partial charge is 0.322 e. The molecule has 0 aromatic carbocycles. The molecule has 0 aliphatic heterocycles. The molecular weight excluding hydrogens is 166 g/mol. The highest BCUT2D eigenvalue weighted by Gasteiger charge is 2.21. The average Bonchev–Trinajstić information content (AvgIpc) is 2.57. The van der Waals surface area contributed by atoms with Gasteiger partial charge in [-0.05, 0) is 26.7 Å². The number of ether oxygens (including phenoxy) is 1. The van der Waals surface area contributed by atoms with Crippen molar-refractivity contribution in [3.8, 4) is 0 Å². The molecule has 0 amide bonds. The van der Waals surface area contributed by atoms with Crippen molar-refractivity contribution in [2.24, 2.45) is 0 Å². The Kier molecular flexibility index (Phi) is 4.22. The predicted octanol–water partition coefficient (Wildman–Crippen LogP) is 1.47. The van der Waals surface area contributed by atoms with Crippen molar-refractivity contribution < 1.29 is 9.53 Å². The summed E-state index contributed by atoms with van der Waals surface area (Å²) in [7, 11) is 0. The molecule has 1 aliphatic rings. The molecule has 1 atom stereocenters. The maximum atomic E-state index is 11.2. The van der Waals surface area contributed by atoms with Crippen LogP contribution in [0, 0.1) is 0 Å². The van der Waals surface area contributed by atoms with E-state index in [1.165, 1.54) is 25.7 Å². The van der Waals surface area contributed by atoms with Crippen LogP contribution in [-0.4, -0.2) is 24.7 Å². The third-order valence-corrected chi connectivity index (χ3v) is 2.48. The number of nitrogens with one attached hydrogen (secondary N) is 1. The van der Waals surface area contributed by atoms with E-state index in [1.54, 1.807) is 0 Å². The highest BCUT2D eigenvalue weighted by atomic mass is 16.5. The molecule has 3 heteroatoms. The van der Waals surface area contributed by atoms with E-state index in [9.17, 15) is 4.79 Å². The van der Waals surface area contributed by atoms with Crippen molar-refractivity contribution in [2.45, 2.75) is 51.6 Å². The van der Waals surface area contributed by atoms with Gasteiger partial charge in [0.05, 0.1) is 6.61 Å². The average molecular weight is 185 g/mol. The minimum absolute atomic E-state index is 0.130. The summed E-state index contributed by atoms with van der Waals surface area (Å²) >= 11 is 0. The standard InChI is InChI=1S/C10H19NO2/c1-3-13-10(12)8(2)11-9-6-4-5-7-9/h8-9,11H,3-7H2,1-2H3. The number of rotatable bonds is 4. The Morgan fingerprint density at radius 1 is 1.54 bits per heavy atom. The van der Waals surface area contributed by atoms with Crippen LogP contribution < -0.4 is 5.32 Å². The summed E-state index contributed by atoms with van der Waals surface area (Å²) in [5, 5.41) is 3.29. The lowest BCUT2D eigenvalue weighted by atomic mass is 10.2. The van der Waals surface area contributed by atoms with Crippen LogP contribution in [-0.2, 0) is 9.53 Å². The Bertz CT molecular complexity index is 164. The van der Waals surface area contributed by atoms with Gasteiger partial charge in [0.25, 0.3) is 0 Å². The van der Waals surface area contributed by atoms with Crippen molar-refractivity contribution in [2.75, 3.05) is 6.61 Å². The highest BCUT2D eigenvalue weighted by molar-refractivity contribution is 5.75. The Balaban J connectivity index is 2.22. The molecule has 1 aliphatic carbocycles. The molecule has 76 valence electrons. The summed E-state index contributed by atoms with van der Waals surface area (Å²) in [6.45, 7) is 4.17. The third-order valence-electron chi connectivity index (χ3n) is 2.48. The van der Waals surface area contributed by atoms with Crippen molar-refractivity contribution in [1.82, 2.24) is 5.32 Å². The van der Waals surface area contributed by atoms with E-state index >= 15 is 0 Å². The second-order valence-electron chi connectivity index (χ2n) is 3.62. The van der Waals surface area contributed by atoms with Crippen molar-refractivity contribution in [3.05, 3.63) is 0 Å². The second kappa shape index (κ2) is 5.22. The molecule has 1 fully saturated rings. The fourth-order valence-electron chi connectivity index (χ4n) is 1.78. The Hall–Kier alpha value is -0.570. The number of hydrogen-bond acceptors (Lipinski definition) is 3. The Morgan fingerprint density at radius 2 is 2.15 bits per heavy atom. The molecule has 1 N–H and O–H groups in total. The molecule has 0 bridgehead atoms. The molecule has 3 nitrogen and oxygen atoms in total. The SMILES string of the molecule is CCOC(=O)C(C)NC1CCCC1. The molecule has 1 unspecified atom stereocenters. The zero-order valence-electron chi connectivity index (χ0n) is 8.51. The van der Waals surface area contributed by atoms with Gasteiger partial charge in [-0.2, -0.15) is 0 Å². The third kappa shape index (κ3) is 3.35. The second-order valence-corrected chi connectivity index (χ2v) is 3.62. The van der Waals surface area contributed by atoms with Gasteiger partial charge < -0.3 is 10.1 Å². The predicted molar refractivity (Wildman–Crippen MR) is 51.5 cm³/mol. The summed E-state index contributed by atoms with van der Waals surface area (Å²) in [5.74, 6) is -0.130. The highest BCUT2D eigenvalue weighted by Crippen LogP contribution is 2.18. The Morgan fingerprint density at radius 3 is 2.69 bits per heavy atom. The van der Waals surface area contributed by atoms with Crippen LogP contribution in [0.15, 0.2) is 0 Å². The maximum absolute atomic E-state index is 11.2. The Labute approximate surface area is 79.8 Å². The van der Waals surface area contributed by atoms with E-state index < -0.39 is 0 Å². The topological polar surface area (TPSA) is 38.3 Å². The van der Waals surface area contributed by atoms with Crippen LogP contribution in [0.5, 0.6) is 0 Å². The van der Waals surface area contributed by atoms with Gasteiger partial charge in [0.1, 0.15) is 6.04 Å². The van der Waals surface area contributed by atoms with Crippen LogP contribution in [0.1, 0.15) is 39.5 Å². The summed E-state index contributed by atoms with van der Waals surface area (Å²) in [5.41, 5.74) is 0. The maximum Gasteiger partial charge on any atom is 0.322 e. The fraction of sp³-hybridized carbons (Fsp3) is 0.900. The van der Waals surface area contributed by atoms with Crippen molar-refractivity contribution in [1.29, 1.82) is 0 Å². The van der Waals surface area contributed by atoms with Gasteiger partial charge >= 0.3 is 5.97 Å². The molecular formula is C10H19NO2. The monoisotopic (exact) mass is 185 g/mol. The number of esters is 1. The zero-order valence-corrected chi connectivity index (χ0v) is 8.51. The lowest BCUT2D eigenvalue weighted by Gasteiger charge is -2.17. The number of carbonyl (C=O) groups is 1. The van der Waals surface area contributed by atoms with Crippen molar-refractivity contribution >= 4 is 5.97 Å². The van der Waals surface area contributed by atoms with E-state index in [4.69, 9.17) is 4.74 Å². The quantitative estimate of drug-likeness (QED) is 0.674. The zero-order chi connectivity index (χ0) is 9.68. The molecule has 1 rings (SSSR count). The van der Waals surface area contributed by atoms with Gasteiger partial charge in [0.15, 0.2) is 0 Å². The molecule has 0 saturated heterocycles. The normalized spacial score (nSPS) is 20.2. The molecule has 0 spiro atoms. The van der Waals surface area contributed by atoms with E-state index in [0.717, 1.165) is 0 Å². The molecule has 1 saturated carbocycles. The van der Waals surface area contributed by atoms with E-state index in [0.29, 0.717) is 12.6 Å². The van der Waals surface area contributed by atoms with Gasteiger partial charge in [-0.25, -0.2) is 0 Å². The molecule has 0 aromatic rings. The van der Waals surface area contributed by atoms with E-state index in [2.05, 4.69) is 5.32 Å². The van der Waals surface area contributed by atoms with Gasteiger partial charge in [-0.1, -0.05) is 12.8 Å². The minimum Gasteiger partial charge on any atom is -0.465 e. The first kappa shape index (κ1) is 10.5. The first-order valence-electron chi connectivity index (χ1n) is 5.16. The summed E-state index contributed by atoms with van der Waals surface area (Å²) < 4.78 is 4.91. The lowest BCUT2D eigenvalue weighted by molar-refractivity contribution is -0.145. The lowest BCUT2D eigenvalue weighted by Crippen LogP contribution is -2.40. The minimum atomic E-state index is -0.150. The van der Waals surface area contributed by atoms with Crippen molar-refractivity contribution in [3.63, 3.8) is 0 Å². The number of carbonyl (C=O) groups excluding carboxylic acids is 1. The summed E-state index contributed by atoms with van der Waals surface area (Å²) in [6, 6.07) is 0.377. The first-order chi connectivity index (χ1) is 6.24. The first-order valence-corrected chi connectivity index (χ1v) is 5.16. The van der Waals surface area contributed by atoms with Crippen LogP contribution in [0.2, 0.25) is 0 Å². The van der Waals surface area contributed by atoms with Crippen LogP contribution in [0.3, 0.4) is 0 Å². The number of hydrogen-bond donors (Lipinski definition) is 1. The fourth-order valence-corrected chi connectivity index (χ4v) is 1.78. The van der Waals surface area contributed by atoms with Crippen LogP contribution >= 0.6 is 0 Å². The van der Waals surface area contributed by atoms with E-state index in [-0.39, 0.29) is 12.0 Å². The summed E-state index contributed by atoms with van der Waals surface area (Å²) in [4.78, 5) is 11.2. The van der Waals surface area contributed by atoms with Gasteiger partial charge in [-0.15, -0.1) is 0 Å². The van der Waals surface area contributed by atoms with Gasteiger partial charge in [0, 0.05) is 6.04 Å². The van der Waals surface area contributed by atoms with Gasteiger partial charge in [-0.3, -0.25) is 4.79 Å². The van der Waals surface area contributed by atoms with Gasteiger partial charge in [0.2, 0.25) is 0 Å². The molecule has 0 aromatic heterocycles. The largest absolute Gasteiger partial charge is 0.465 e.